The van der Waals surface area contributed by atoms with Crippen LogP contribution in [0.4, 0.5) is 0 Å². The van der Waals surface area contributed by atoms with Crippen molar-refractivity contribution in [3.63, 3.8) is 0 Å². The summed E-state index contributed by atoms with van der Waals surface area (Å²) >= 11 is 0. The molecule has 0 radical (unpaired) electrons. The first-order chi connectivity index (χ1) is 8.76. The van der Waals surface area contributed by atoms with Crippen LogP contribution in [-0.4, -0.2) is 49.3 Å². The number of fused-ring (bicyclic) bond motifs is 1. The van der Waals surface area contributed by atoms with Gasteiger partial charge in [0.25, 0.3) is 0 Å². The highest BCUT2D eigenvalue weighted by Gasteiger charge is 2.36. The highest BCUT2D eigenvalue weighted by molar-refractivity contribution is 4.91. The van der Waals surface area contributed by atoms with Crippen molar-refractivity contribution in [1.82, 2.24) is 10.2 Å². The third-order valence-electron chi connectivity index (χ3n) is 4.70. The second kappa shape index (κ2) is 6.88. The number of nitrogens with zero attached hydrogens (tertiary/aromatic N) is 1. The van der Waals surface area contributed by atoms with Crippen LogP contribution in [0.5, 0.6) is 0 Å². The maximum atomic E-state index is 6.17. The highest BCUT2D eigenvalue weighted by Crippen LogP contribution is 2.26. The van der Waals surface area contributed by atoms with Crippen LogP contribution >= 0.6 is 0 Å². The number of nitrogens with one attached hydrogen (secondary N) is 1. The molecule has 0 aromatic rings. The zero-order chi connectivity index (χ0) is 13.0. The molecule has 0 spiro atoms. The molecule has 106 valence electrons. The predicted octanol–water partition coefficient (Wildman–Crippen LogP) is 2.26. The van der Waals surface area contributed by atoms with Gasteiger partial charge in [-0.3, -0.25) is 4.90 Å². The molecule has 2 aliphatic rings. The summed E-state index contributed by atoms with van der Waals surface area (Å²) in [7, 11) is 0. The molecular weight excluding hydrogens is 224 g/mol. The van der Waals surface area contributed by atoms with E-state index in [9.17, 15) is 0 Å². The molecule has 0 bridgehead atoms. The van der Waals surface area contributed by atoms with Gasteiger partial charge in [0.2, 0.25) is 0 Å². The Morgan fingerprint density at radius 3 is 2.94 bits per heavy atom. The lowest BCUT2D eigenvalue weighted by molar-refractivity contribution is -0.0724. The minimum atomic E-state index is 0.390. The molecule has 0 amide bonds. The molecule has 4 atom stereocenters. The molecule has 4 unspecified atom stereocenters. The van der Waals surface area contributed by atoms with Gasteiger partial charge in [-0.1, -0.05) is 27.2 Å². The van der Waals surface area contributed by atoms with Crippen molar-refractivity contribution in [2.24, 2.45) is 5.92 Å². The molecule has 2 rings (SSSR count). The molecule has 2 heterocycles. The van der Waals surface area contributed by atoms with E-state index in [-0.39, 0.29) is 0 Å². The molecule has 0 aromatic carbocycles. The quantitative estimate of drug-likeness (QED) is 0.787. The summed E-state index contributed by atoms with van der Waals surface area (Å²) in [5.41, 5.74) is 0. The third-order valence-corrected chi connectivity index (χ3v) is 4.70. The van der Waals surface area contributed by atoms with Crippen molar-refractivity contribution in [1.29, 1.82) is 0 Å². The normalized spacial score (nSPS) is 32.2. The van der Waals surface area contributed by atoms with Gasteiger partial charge in [0.15, 0.2) is 0 Å². The molecule has 3 heteroatoms. The molecule has 0 saturated carbocycles. The fourth-order valence-electron chi connectivity index (χ4n) is 3.32. The standard InChI is InChI=1S/C15H30N2O/c1-4-8-16-15(12(3)5-2)14-10-17-9-6-7-13(17)11-18-14/h12-16H,4-11H2,1-3H3. The van der Waals surface area contributed by atoms with Crippen LogP contribution in [0.15, 0.2) is 0 Å². The Labute approximate surface area is 112 Å². The fourth-order valence-corrected chi connectivity index (χ4v) is 3.32. The van der Waals surface area contributed by atoms with Crippen LogP contribution in [-0.2, 0) is 4.74 Å². The monoisotopic (exact) mass is 254 g/mol. The van der Waals surface area contributed by atoms with E-state index in [0.717, 1.165) is 19.7 Å². The van der Waals surface area contributed by atoms with Gasteiger partial charge in [-0.2, -0.15) is 0 Å². The largest absolute Gasteiger partial charge is 0.374 e. The van der Waals surface area contributed by atoms with E-state index < -0.39 is 0 Å². The number of morpholine rings is 1. The Balaban J connectivity index is 1.92. The van der Waals surface area contributed by atoms with Gasteiger partial charge in [-0.15, -0.1) is 0 Å². The fraction of sp³-hybridized carbons (Fsp3) is 1.00. The van der Waals surface area contributed by atoms with E-state index >= 15 is 0 Å². The summed E-state index contributed by atoms with van der Waals surface area (Å²) in [4.78, 5) is 2.65. The molecule has 0 aliphatic carbocycles. The zero-order valence-electron chi connectivity index (χ0n) is 12.3. The Hall–Kier alpha value is -0.120. The lowest BCUT2D eigenvalue weighted by Gasteiger charge is -2.41. The molecule has 2 aliphatic heterocycles. The van der Waals surface area contributed by atoms with Crippen molar-refractivity contribution in [3.8, 4) is 0 Å². The third kappa shape index (κ3) is 3.25. The number of hydrogen-bond donors (Lipinski definition) is 1. The lowest BCUT2D eigenvalue weighted by atomic mass is 9.92. The molecule has 2 fully saturated rings. The van der Waals surface area contributed by atoms with E-state index in [4.69, 9.17) is 4.74 Å². The number of hydrogen-bond acceptors (Lipinski definition) is 3. The summed E-state index contributed by atoms with van der Waals surface area (Å²) < 4.78 is 6.17. The van der Waals surface area contributed by atoms with E-state index in [1.54, 1.807) is 0 Å². The maximum absolute atomic E-state index is 6.17. The van der Waals surface area contributed by atoms with Crippen molar-refractivity contribution in [2.45, 2.75) is 64.6 Å². The van der Waals surface area contributed by atoms with Gasteiger partial charge in [0.1, 0.15) is 0 Å². The summed E-state index contributed by atoms with van der Waals surface area (Å²) in [6.45, 7) is 11.4. The first-order valence-corrected chi connectivity index (χ1v) is 7.85. The maximum Gasteiger partial charge on any atom is 0.0858 e. The van der Waals surface area contributed by atoms with Crippen molar-refractivity contribution < 1.29 is 4.74 Å². The molecule has 1 N–H and O–H groups in total. The summed E-state index contributed by atoms with van der Waals surface area (Å²) in [5.74, 6) is 0.695. The lowest BCUT2D eigenvalue weighted by Crippen LogP contribution is -2.56. The van der Waals surface area contributed by atoms with Crippen LogP contribution in [0.2, 0.25) is 0 Å². The van der Waals surface area contributed by atoms with Crippen molar-refractivity contribution in [3.05, 3.63) is 0 Å². The van der Waals surface area contributed by atoms with Crippen LogP contribution < -0.4 is 5.32 Å². The van der Waals surface area contributed by atoms with Crippen LogP contribution in [0.1, 0.15) is 46.5 Å². The summed E-state index contributed by atoms with van der Waals surface area (Å²) in [5, 5.41) is 3.72. The number of rotatable bonds is 6. The second-order valence-corrected chi connectivity index (χ2v) is 6.03. The topological polar surface area (TPSA) is 24.5 Å². The van der Waals surface area contributed by atoms with Gasteiger partial charge < -0.3 is 10.1 Å². The molecule has 2 saturated heterocycles. The van der Waals surface area contributed by atoms with Crippen LogP contribution in [0.25, 0.3) is 0 Å². The zero-order valence-corrected chi connectivity index (χ0v) is 12.3. The minimum absolute atomic E-state index is 0.390. The highest BCUT2D eigenvalue weighted by atomic mass is 16.5. The molecule has 0 aromatic heterocycles. The van der Waals surface area contributed by atoms with Gasteiger partial charge in [-0.05, 0) is 38.3 Å². The summed E-state index contributed by atoms with van der Waals surface area (Å²) in [6, 6.07) is 1.24. The van der Waals surface area contributed by atoms with E-state index in [0.29, 0.717) is 24.1 Å². The Kier molecular flexibility index (Phi) is 5.46. The van der Waals surface area contributed by atoms with Gasteiger partial charge in [0.05, 0.1) is 12.7 Å². The molecule has 3 nitrogen and oxygen atoms in total. The Bertz CT molecular complexity index is 247. The van der Waals surface area contributed by atoms with Crippen LogP contribution in [0, 0.1) is 5.92 Å². The van der Waals surface area contributed by atoms with Gasteiger partial charge in [0, 0.05) is 18.6 Å². The SMILES string of the molecule is CCCNC(C(C)CC)C1CN2CCCC2CO1. The van der Waals surface area contributed by atoms with Crippen molar-refractivity contribution in [2.75, 3.05) is 26.2 Å². The second-order valence-electron chi connectivity index (χ2n) is 6.03. The summed E-state index contributed by atoms with van der Waals surface area (Å²) in [6.07, 6.45) is 5.51. The van der Waals surface area contributed by atoms with Gasteiger partial charge >= 0.3 is 0 Å². The van der Waals surface area contributed by atoms with E-state index in [1.165, 1.54) is 32.2 Å². The first kappa shape index (κ1) is 14.3. The predicted molar refractivity (Wildman–Crippen MR) is 75.9 cm³/mol. The minimum Gasteiger partial charge on any atom is -0.374 e. The first-order valence-electron chi connectivity index (χ1n) is 7.85. The Morgan fingerprint density at radius 2 is 2.22 bits per heavy atom. The number of ether oxygens (including phenoxy) is 1. The molecule has 18 heavy (non-hydrogen) atoms. The molecular formula is C15H30N2O. The average molecular weight is 254 g/mol. The smallest absolute Gasteiger partial charge is 0.0858 e. The van der Waals surface area contributed by atoms with E-state index in [2.05, 4.69) is 31.0 Å². The average Bonchev–Trinajstić information content (AvgIpc) is 2.86. The van der Waals surface area contributed by atoms with Crippen molar-refractivity contribution >= 4 is 0 Å². The van der Waals surface area contributed by atoms with Crippen LogP contribution in [0.3, 0.4) is 0 Å². The Morgan fingerprint density at radius 1 is 1.39 bits per heavy atom. The van der Waals surface area contributed by atoms with E-state index in [1.807, 2.05) is 0 Å². The van der Waals surface area contributed by atoms with Gasteiger partial charge in [-0.25, -0.2) is 0 Å².